The van der Waals surface area contributed by atoms with Gasteiger partial charge >= 0.3 is 5.97 Å². The topological polar surface area (TPSA) is 37.3 Å². The van der Waals surface area contributed by atoms with Gasteiger partial charge in [-0.3, -0.25) is 0 Å². The predicted octanol–water partition coefficient (Wildman–Crippen LogP) is 3.11. The zero-order chi connectivity index (χ0) is 8.43. The molecule has 0 bridgehead atoms. The Kier molecular flexibility index (Phi) is 4.39. The van der Waals surface area contributed by atoms with Crippen LogP contribution in [0.4, 0.5) is 0 Å². The van der Waals surface area contributed by atoms with Gasteiger partial charge < -0.3 is 5.11 Å². The molecule has 12 heavy (non-hydrogen) atoms. The van der Waals surface area contributed by atoms with E-state index in [4.69, 9.17) is 28.3 Å². The lowest BCUT2D eigenvalue weighted by Crippen LogP contribution is -1.96. The number of carbonyl (C=O) groups is 1. The molecule has 0 amide bonds. The lowest BCUT2D eigenvalue weighted by Gasteiger charge is -1.96. The molecular weight excluding hydrogens is 222 g/mol. The number of rotatable bonds is 1. The number of aromatic carboxylic acids is 1. The summed E-state index contributed by atoms with van der Waals surface area (Å²) >= 11 is 11.1. The third kappa shape index (κ3) is 2.55. The molecule has 0 atom stereocenters. The van der Waals surface area contributed by atoms with Crippen molar-refractivity contribution in [1.82, 2.24) is 0 Å². The minimum absolute atomic E-state index is 0. The average Bonchev–Trinajstić information content (AvgIpc) is 1.85. The van der Waals surface area contributed by atoms with Gasteiger partial charge in [0.1, 0.15) is 0 Å². The second kappa shape index (κ2) is 4.55. The van der Waals surface area contributed by atoms with Crippen LogP contribution in [0.5, 0.6) is 0 Å². The molecule has 1 rings (SSSR count). The number of hydrogen-bond donors (Lipinski definition) is 1. The van der Waals surface area contributed by atoms with Crippen molar-refractivity contribution < 1.29 is 9.90 Å². The summed E-state index contributed by atoms with van der Waals surface area (Å²) in [5.74, 6) is -1.05. The van der Waals surface area contributed by atoms with Crippen LogP contribution in [0, 0.1) is 0 Å². The largest absolute Gasteiger partial charge is 0.478 e. The molecule has 0 saturated heterocycles. The molecular formula is C7H5Cl3O2. The maximum absolute atomic E-state index is 10.4. The van der Waals surface area contributed by atoms with Crippen molar-refractivity contribution in [3.8, 4) is 0 Å². The molecule has 2 nitrogen and oxygen atoms in total. The highest BCUT2D eigenvalue weighted by Crippen LogP contribution is 2.20. The Balaban J connectivity index is 0.00000121. The van der Waals surface area contributed by atoms with E-state index in [2.05, 4.69) is 0 Å². The SMILES string of the molecule is Cl.O=C(O)c1ccc(Cl)cc1Cl. The van der Waals surface area contributed by atoms with Gasteiger partial charge in [-0.15, -0.1) is 12.4 Å². The molecule has 0 fully saturated rings. The Morgan fingerprint density at radius 1 is 1.33 bits per heavy atom. The van der Waals surface area contributed by atoms with Crippen LogP contribution < -0.4 is 0 Å². The predicted molar refractivity (Wildman–Crippen MR) is 50.7 cm³/mol. The number of carboxylic acids is 1. The van der Waals surface area contributed by atoms with E-state index >= 15 is 0 Å². The summed E-state index contributed by atoms with van der Waals surface area (Å²) in [7, 11) is 0. The van der Waals surface area contributed by atoms with E-state index in [0.717, 1.165) is 0 Å². The van der Waals surface area contributed by atoms with E-state index in [9.17, 15) is 4.79 Å². The molecule has 0 aliphatic rings. The van der Waals surface area contributed by atoms with E-state index in [1.165, 1.54) is 18.2 Å². The number of carboxylic acid groups (broad SMARTS) is 1. The molecule has 0 heterocycles. The first kappa shape index (κ1) is 11.6. The molecule has 1 aromatic carbocycles. The van der Waals surface area contributed by atoms with Gasteiger partial charge in [0.25, 0.3) is 0 Å². The second-order valence-corrected chi connectivity index (χ2v) is 2.77. The lowest BCUT2D eigenvalue weighted by molar-refractivity contribution is 0.0697. The third-order valence-electron chi connectivity index (χ3n) is 1.16. The molecule has 1 N–H and O–H groups in total. The van der Waals surface area contributed by atoms with Crippen LogP contribution in [0.3, 0.4) is 0 Å². The van der Waals surface area contributed by atoms with Gasteiger partial charge in [0.05, 0.1) is 10.6 Å². The van der Waals surface area contributed by atoms with Crippen LogP contribution in [-0.4, -0.2) is 11.1 Å². The van der Waals surface area contributed by atoms with Crippen LogP contribution in [0.2, 0.25) is 10.0 Å². The fourth-order valence-electron chi connectivity index (χ4n) is 0.663. The van der Waals surface area contributed by atoms with Crippen molar-refractivity contribution in [3.63, 3.8) is 0 Å². The molecule has 0 radical (unpaired) electrons. The van der Waals surface area contributed by atoms with Gasteiger partial charge in [-0.05, 0) is 18.2 Å². The number of benzene rings is 1. The standard InChI is InChI=1S/C7H4Cl2O2.ClH/c8-4-1-2-5(7(10)11)6(9)3-4;/h1-3H,(H,10,11);1H. The quantitative estimate of drug-likeness (QED) is 0.800. The van der Waals surface area contributed by atoms with Crippen molar-refractivity contribution >= 4 is 41.6 Å². The Labute approximate surface area is 85.5 Å². The lowest BCUT2D eigenvalue weighted by atomic mass is 10.2. The average molecular weight is 227 g/mol. The molecule has 0 aromatic heterocycles. The van der Waals surface area contributed by atoms with Gasteiger partial charge in [-0.25, -0.2) is 4.79 Å². The van der Waals surface area contributed by atoms with Crippen LogP contribution in [0.1, 0.15) is 10.4 Å². The smallest absolute Gasteiger partial charge is 0.337 e. The van der Waals surface area contributed by atoms with E-state index in [1.54, 1.807) is 0 Å². The summed E-state index contributed by atoms with van der Waals surface area (Å²) in [6.45, 7) is 0. The van der Waals surface area contributed by atoms with Gasteiger partial charge in [0, 0.05) is 5.02 Å². The van der Waals surface area contributed by atoms with Crippen molar-refractivity contribution in [1.29, 1.82) is 0 Å². The minimum atomic E-state index is -1.05. The molecule has 0 spiro atoms. The van der Waals surface area contributed by atoms with Crippen LogP contribution >= 0.6 is 35.6 Å². The number of halogens is 3. The van der Waals surface area contributed by atoms with Crippen molar-refractivity contribution in [3.05, 3.63) is 33.8 Å². The highest BCUT2D eigenvalue weighted by atomic mass is 35.5. The summed E-state index contributed by atoms with van der Waals surface area (Å²) in [6, 6.07) is 4.25. The summed E-state index contributed by atoms with van der Waals surface area (Å²) in [6.07, 6.45) is 0. The van der Waals surface area contributed by atoms with Crippen molar-refractivity contribution in [2.24, 2.45) is 0 Å². The zero-order valence-electron chi connectivity index (χ0n) is 5.75. The highest BCUT2D eigenvalue weighted by Gasteiger charge is 2.07. The van der Waals surface area contributed by atoms with Crippen molar-refractivity contribution in [2.75, 3.05) is 0 Å². The highest BCUT2D eigenvalue weighted by molar-refractivity contribution is 6.36. The second-order valence-electron chi connectivity index (χ2n) is 1.93. The summed E-state index contributed by atoms with van der Waals surface area (Å²) < 4.78 is 0. The molecule has 0 unspecified atom stereocenters. The fraction of sp³-hybridized carbons (Fsp3) is 0. The molecule has 66 valence electrons. The number of hydrogen-bond acceptors (Lipinski definition) is 1. The maximum atomic E-state index is 10.4. The summed E-state index contributed by atoms with van der Waals surface area (Å²) in [4.78, 5) is 10.4. The Bertz CT molecular complexity index is 299. The summed E-state index contributed by atoms with van der Waals surface area (Å²) in [5.41, 5.74) is 0.0658. The van der Waals surface area contributed by atoms with Gasteiger partial charge in [-0.2, -0.15) is 0 Å². The first-order valence-electron chi connectivity index (χ1n) is 2.79. The first-order valence-corrected chi connectivity index (χ1v) is 3.55. The Morgan fingerprint density at radius 2 is 1.92 bits per heavy atom. The summed E-state index contributed by atoms with van der Waals surface area (Å²) in [5, 5.41) is 9.12. The van der Waals surface area contributed by atoms with Crippen LogP contribution in [-0.2, 0) is 0 Å². The van der Waals surface area contributed by atoms with Crippen LogP contribution in [0.25, 0.3) is 0 Å². The molecule has 0 saturated carbocycles. The third-order valence-corrected chi connectivity index (χ3v) is 1.71. The Hall–Kier alpha value is -0.440. The normalized spacial score (nSPS) is 8.83. The van der Waals surface area contributed by atoms with Gasteiger partial charge in [-0.1, -0.05) is 23.2 Å². The fourth-order valence-corrected chi connectivity index (χ4v) is 1.15. The molecule has 0 aliphatic heterocycles. The van der Waals surface area contributed by atoms with Crippen molar-refractivity contribution in [2.45, 2.75) is 0 Å². The van der Waals surface area contributed by atoms with E-state index < -0.39 is 5.97 Å². The maximum Gasteiger partial charge on any atom is 0.337 e. The minimum Gasteiger partial charge on any atom is -0.478 e. The Morgan fingerprint density at radius 3 is 2.33 bits per heavy atom. The van der Waals surface area contributed by atoms with E-state index in [1.807, 2.05) is 0 Å². The van der Waals surface area contributed by atoms with E-state index in [-0.39, 0.29) is 23.0 Å². The van der Waals surface area contributed by atoms with E-state index in [0.29, 0.717) is 5.02 Å². The molecule has 1 aromatic rings. The zero-order valence-corrected chi connectivity index (χ0v) is 8.08. The van der Waals surface area contributed by atoms with Crippen LogP contribution in [0.15, 0.2) is 18.2 Å². The molecule has 0 aliphatic carbocycles. The monoisotopic (exact) mass is 226 g/mol. The molecule has 5 heteroatoms. The van der Waals surface area contributed by atoms with Gasteiger partial charge in [0.2, 0.25) is 0 Å². The van der Waals surface area contributed by atoms with Gasteiger partial charge in [0.15, 0.2) is 0 Å². The first-order chi connectivity index (χ1) is 5.11.